The second-order valence-electron chi connectivity index (χ2n) is 4.51. The number of aliphatic carboxylic acids is 1. The van der Waals surface area contributed by atoms with Gasteiger partial charge in [-0.3, -0.25) is 0 Å². The number of nitrogens with one attached hydrogen (secondary N) is 1. The maximum Gasteiger partial charge on any atom is 0.344 e. The van der Waals surface area contributed by atoms with Crippen LogP contribution in [0, 0.1) is 0 Å². The Bertz CT molecular complexity index is 409. The van der Waals surface area contributed by atoms with E-state index in [2.05, 4.69) is 5.32 Å². The van der Waals surface area contributed by atoms with Gasteiger partial charge in [0.15, 0.2) is 6.10 Å². The minimum Gasteiger partial charge on any atom is -0.479 e. The topological polar surface area (TPSA) is 67.8 Å². The number of hydrogen-bond donors (Lipinski definition) is 2. The summed E-state index contributed by atoms with van der Waals surface area (Å²) >= 11 is 0. The summed E-state index contributed by atoms with van der Waals surface area (Å²) in [7, 11) is 1.65. The molecule has 0 bridgehead atoms. The Balaban J connectivity index is 2.66. The first-order chi connectivity index (χ1) is 9.69. The summed E-state index contributed by atoms with van der Waals surface area (Å²) in [6.07, 6.45) is 0.478. The van der Waals surface area contributed by atoms with Crippen LogP contribution in [0.5, 0.6) is 5.75 Å². The van der Waals surface area contributed by atoms with Gasteiger partial charge in [-0.15, -0.1) is 0 Å². The molecule has 0 aromatic heterocycles. The van der Waals surface area contributed by atoms with Crippen molar-refractivity contribution in [2.24, 2.45) is 0 Å². The third-order valence-corrected chi connectivity index (χ3v) is 2.87. The van der Waals surface area contributed by atoms with E-state index < -0.39 is 12.1 Å². The first-order valence-electron chi connectivity index (χ1n) is 6.86. The van der Waals surface area contributed by atoms with Gasteiger partial charge in [-0.05, 0) is 12.5 Å². The van der Waals surface area contributed by atoms with Crippen molar-refractivity contribution in [1.82, 2.24) is 5.32 Å². The molecule has 0 aliphatic carbocycles. The Labute approximate surface area is 119 Å². The van der Waals surface area contributed by atoms with Crippen LogP contribution in [0.25, 0.3) is 0 Å². The molecule has 5 nitrogen and oxygen atoms in total. The Morgan fingerprint density at radius 1 is 1.40 bits per heavy atom. The second kappa shape index (κ2) is 9.34. The molecule has 0 spiro atoms. The lowest BCUT2D eigenvalue weighted by atomic mass is 10.1. The fourth-order valence-corrected chi connectivity index (χ4v) is 1.81. The lowest BCUT2D eigenvalue weighted by molar-refractivity contribution is -0.145. The van der Waals surface area contributed by atoms with Gasteiger partial charge in [-0.25, -0.2) is 4.79 Å². The van der Waals surface area contributed by atoms with Crippen LogP contribution in [0.1, 0.15) is 25.3 Å². The van der Waals surface area contributed by atoms with Crippen molar-refractivity contribution < 1.29 is 19.4 Å². The molecule has 0 amide bonds. The van der Waals surface area contributed by atoms with Crippen molar-refractivity contribution in [1.29, 1.82) is 0 Å². The van der Waals surface area contributed by atoms with E-state index >= 15 is 0 Å². The Morgan fingerprint density at radius 2 is 2.15 bits per heavy atom. The molecule has 0 fully saturated rings. The molecule has 1 atom stereocenters. The van der Waals surface area contributed by atoms with Crippen LogP contribution in [0.2, 0.25) is 0 Å². The fourth-order valence-electron chi connectivity index (χ4n) is 1.81. The highest BCUT2D eigenvalue weighted by molar-refractivity contribution is 5.72. The fraction of sp³-hybridized carbons (Fsp3) is 0.533. The molecule has 0 heterocycles. The Morgan fingerprint density at radius 3 is 2.80 bits per heavy atom. The average molecular weight is 281 g/mol. The summed E-state index contributed by atoms with van der Waals surface area (Å²) in [5.41, 5.74) is 0.950. The van der Waals surface area contributed by atoms with Crippen molar-refractivity contribution in [3.05, 3.63) is 29.8 Å². The number of hydrogen-bond acceptors (Lipinski definition) is 4. The van der Waals surface area contributed by atoms with E-state index in [0.29, 0.717) is 25.3 Å². The predicted octanol–water partition coefficient (Wildman–Crippen LogP) is 2.05. The van der Waals surface area contributed by atoms with Crippen LogP contribution in [0.4, 0.5) is 0 Å². The van der Waals surface area contributed by atoms with Gasteiger partial charge >= 0.3 is 5.97 Å². The minimum atomic E-state index is -0.922. The summed E-state index contributed by atoms with van der Waals surface area (Å²) in [5.74, 6) is -0.299. The highest BCUT2D eigenvalue weighted by Crippen LogP contribution is 2.20. The molecule has 0 saturated carbocycles. The standard InChI is InChI=1S/C15H23NO4/c1-3-6-14(15(17)18)20-13-8-5-4-7-12(13)11-16-9-10-19-2/h4-5,7-8,14,16H,3,6,9-11H2,1-2H3,(H,17,18). The molecule has 1 rings (SSSR count). The maximum absolute atomic E-state index is 11.1. The van der Waals surface area contributed by atoms with E-state index in [-0.39, 0.29) is 0 Å². The highest BCUT2D eigenvalue weighted by atomic mass is 16.5. The van der Waals surface area contributed by atoms with E-state index in [1.54, 1.807) is 13.2 Å². The van der Waals surface area contributed by atoms with Crippen molar-refractivity contribution >= 4 is 5.97 Å². The van der Waals surface area contributed by atoms with Crippen LogP contribution < -0.4 is 10.1 Å². The normalized spacial score (nSPS) is 12.1. The zero-order valence-electron chi connectivity index (χ0n) is 12.1. The number of para-hydroxylation sites is 1. The lowest BCUT2D eigenvalue weighted by Crippen LogP contribution is -2.27. The van der Waals surface area contributed by atoms with E-state index in [1.807, 2.05) is 25.1 Å². The zero-order chi connectivity index (χ0) is 14.8. The summed E-state index contributed by atoms with van der Waals surface area (Å²) in [6, 6.07) is 7.49. The van der Waals surface area contributed by atoms with Gasteiger partial charge in [0.1, 0.15) is 5.75 Å². The molecule has 5 heteroatoms. The monoisotopic (exact) mass is 281 g/mol. The lowest BCUT2D eigenvalue weighted by Gasteiger charge is -2.17. The molecule has 1 unspecified atom stereocenters. The predicted molar refractivity (Wildman–Crippen MR) is 77.0 cm³/mol. The summed E-state index contributed by atoms with van der Waals surface area (Å²) < 4.78 is 10.6. The van der Waals surface area contributed by atoms with E-state index in [1.165, 1.54) is 0 Å². The van der Waals surface area contributed by atoms with Crippen molar-refractivity contribution in [2.75, 3.05) is 20.3 Å². The van der Waals surface area contributed by atoms with E-state index in [0.717, 1.165) is 18.5 Å². The van der Waals surface area contributed by atoms with Gasteiger partial charge < -0.3 is 19.9 Å². The van der Waals surface area contributed by atoms with Crippen molar-refractivity contribution in [3.63, 3.8) is 0 Å². The average Bonchev–Trinajstić information content (AvgIpc) is 2.44. The largest absolute Gasteiger partial charge is 0.479 e. The van der Waals surface area contributed by atoms with Crippen LogP contribution >= 0.6 is 0 Å². The van der Waals surface area contributed by atoms with Crippen LogP contribution in [-0.4, -0.2) is 37.4 Å². The molecule has 0 aliphatic heterocycles. The maximum atomic E-state index is 11.1. The number of rotatable bonds is 10. The number of carboxylic acid groups (broad SMARTS) is 1. The molecule has 112 valence electrons. The molecule has 0 saturated heterocycles. The van der Waals surface area contributed by atoms with Gasteiger partial charge in [0.25, 0.3) is 0 Å². The zero-order valence-corrected chi connectivity index (χ0v) is 12.1. The van der Waals surface area contributed by atoms with Gasteiger partial charge in [0.05, 0.1) is 6.61 Å². The summed E-state index contributed by atoms with van der Waals surface area (Å²) in [5, 5.41) is 12.4. The number of carbonyl (C=O) groups is 1. The van der Waals surface area contributed by atoms with Crippen LogP contribution in [-0.2, 0) is 16.1 Å². The van der Waals surface area contributed by atoms with Gasteiger partial charge in [-0.1, -0.05) is 31.5 Å². The molecule has 0 aliphatic rings. The van der Waals surface area contributed by atoms with Crippen LogP contribution in [0.15, 0.2) is 24.3 Å². The molecule has 0 radical (unpaired) electrons. The summed E-state index contributed by atoms with van der Waals surface area (Å²) in [4.78, 5) is 11.1. The van der Waals surface area contributed by atoms with Crippen LogP contribution in [0.3, 0.4) is 0 Å². The third kappa shape index (κ3) is 5.59. The van der Waals surface area contributed by atoms with Gasteiger partial charge in [-0.2, -0.15) is 0 Å². The van der Waals surface area contributed by atoms with Crippen molar-refractivity contribution in [3.8, 4) is 5.75 Å². The molecule has 1 aromatic rings. The van der Waals surface area contributed by atoms with E-state index in [4.69, 9.17) is 14.6 Å². The molecular weight excluding hydrogens is 258 g/mol. The van der Waals surface area contributed by atoms with Gasteiger partial charge in [0.2, 0.25) is 0 Å². The SMILES string of the molecule is CCCC(Oc1ccccc1CNCCOC)C(=O)O. The number of carboxylic acids is 1. The molecule has 2 N–H and O–H groups in total. The van der Waals surface area contributed by atoms with Gasteiger partial charge in [0, 0.05) is 25.8 Å². The molecular formula is C15H23NO4. The smallest absolute Gasteiger partial charge is 0.344 e. The third-order valence-electron chi connectivity index (χ3n) is 2.87. The Kier molecular flexibility index (Phi) is 7.69. The second-order valence-corrected chi connectivity index (χ2v) is 4.51. The quantitative estimate of drug-likeness (QED) is 0.642. The summed E-state index contributed by atoms with van der Waals surface area (Å²) in [6.45, 7) is 3.94. The Hall–Kier alpha value is -1.59. The van der Waals surface area contributed by atoms with E-state index in [9.17, 15) is 4.79 Å². The minimum absolute atomic E-state index is 0.501. The number of ether oxygens (including phenoxy) is 2. The molecule has 20 heavy (non-hydrogen) atoms. The first-order valence-corrected chi connectivity index (χ1v) is 6.86. The first kappa shape index (κ1) is 16.5. The number of benzene rings is 1. The highest BCUT2D eigenvalue weighted by Gasteiger charge is 2.19. The number of methoxy groups -OCH3 is 1. The molecule has 1 aromatic carbocycles. The van der Waals surface area contributed by atoms with Crippen molar-refractivity contribution in [2.45, 2.75) is 32.4 Å².